The van der Waals surface area contributed by atoms with Gasteiger partial charge in [0.15, 0.2) is 17.4 Å². The zero-order valence-electron chi connectivity index (χ0n) is 13.1. The molecule has 1 aliphatic rings. The van der Waals surface area contributed by atoms with Crippen LogP contribution in [0.5, 0.6) is 5.75 Å². The zero-order chi connectivity index (χ0) is 17.3. The third kappa shape index (κ3) is 3.15. The van der Waals surface area contributed by atoms with Gasteiger partial charge in [0.2, 0.25) is 0 Å². The van der Waals surface area contributed by atoms with E-state index in [0.29, 0.717) is 6.42 Å². The monoisotopic (exact) mass is 330 g/mol. The molecule has 0 bridgehead atoms. The number of carbonyl (C=O) groups is 1. The summed E-state index contributed by atoms with van der Waals surface area (Å²) in [6.07, 6.45) is 2.30. The predicted octanol–water partition coefficient (Wildman–Crippen LogP) is 4.52. The first-order chi connectivity index (χ1) is 11.5. The van der Waals surface area contributed by atoms with E-state index in [1.165, 1.54) is 13.0 Å². The molecule has 5 heteroatoms. The van der Waals surface area contributed by atoms with Gasteiger partial charge in [-0.2, -0.15) is 0 Å². The summed E-state index contributed by atoms with van der Waals surface area (Å²) in [4.78, 5) is 10.8. The lowest BCUT2D eigenvalue weighted by molar-refractivity contribution is -0.132. The van der Waals surface area contributed by atoms with Gasteiger partial charge in [0, 0.05) is 5.57 Å². The van der Waals surface area contributed by atoms with Crippen molar-refractivity contribution in [3.05, 3.63) is 70.3 Å². The Morgan fingerprint density at radius 2 is 1.92 bits per heavy atom. The van der Waals surface area contributed by atoms with Crippen molar-refractivity contribution < 1.29 is 23.4 Å². The number of hydrogen-bond acceptors (Lipinski definition) is 2. The first-order valence-electron chi connectivity index (χ1n) is 7.61. The lowest BCUT2D eigenvalue weighted by Crippen LogP contribution is -2.07. The van der Waals surface area contributed by atoms with E-state index >= 15 is 0 Å². The predicted molar refractivity (Wildman–Crippen MR) is 85.8 cm³/mol. The summed E-state index contributed by atoms with van der Waals surface area (Å²) in [5.41, 5.74) is 2.21. The number of ether oxygens (including phenoxy) is 1. The molecule has 0 amide bonds. The van der Waals surface area contributed by atoms with Crippen LogP contribution in [0.3, 0.4) is 0 Å². The number of fused-ring (bicyclic) bond motifs is 1. The van der Waals surface area contributed by atoms with E-state index in [1.807, 2.05) is 24.3 Å². The van der Waals surface area contributed by atoms with Gasteiger partial charge in [0.1, 0.15) is 6.10 Å². The van der Waals surface area contributed by atoms with Crippen molar-refractivity contribution in [3.8, 4) is 5.75 Å². The molecule has 0 spiro atoms. The molecule has 0 heterocycles. The Morgan fingerprint density at radius 1 is 1.25 bits per heavy atom. The summed E-state index contributed by atoms with van der Waals surface area (Å²) >= 11 is 0. The van der Waals surface area contributed by atoms with Crippen molar-refractivity contribution >= 4 is 12.0 Å². The van der Waals surface area contributed by atoms with Gasteiger partial charge in [0.05, 0.1) is 0 Å². The van der Waals surface area contributed by atoms with Gasteiger partial charge in [-0.25, -0.2) is 13.6 Å². The minimum atomic E-state index is -1.14. The molecule has 1 N–H and O–H groups in total. The van der Waals surface area contributed by atoms with Gasteiger partial charge in [-0.1, -0.05) is 24.3 Å². The van der Waals surface area contributed by atoms with Crippen LogP contribution in [0.4, 0.5) is 8.78 Å². The summed E-state index contributed by atoms with van der Waals surface area (Å²) in [5.74, 6) is -3.26. The van der Waals surface area contributed by atoms with E-state index in [2.05, 4.69) is 0 Å². The molecule has 2 aromatic carbocycles. The van der Waals surface area contributed by atoms with E-state index in [-0.39, 0.29) is 17.2 Å². The first kappa shape index (κ1) is 16.2. The maximum atomic E-state index is 14.3. The molecular formula is C19H16F2O3. The van der Waals surface area contributed by atoms with Crippen molar-refractivity contribution in [2.45, 2.75) is 25.9 Å². The quantitative estimate of drug-likeness (QED) is 0.839. The molecule has 3 rings (SSSR count). The average molecular weight is 330 g/mol. The van der Waals surface area contributed by atoms with Crippen LogP contribution in [-0.4, -0.2) is 11.1 Å². The van der Waals surface area contributed by atoms with Crippen molar-refractivity contribution in [2.24, 2.45) is 0 Å². The number of rotatable bonds is 4. The number of hydrogen-bond donors (Lipinski definition) is 1. The molecule has 0 saturated carbocycles. The Morgan fingerprint density at radius 3 is 2.58 bits per heavy atom. The Balaban J connectivity index is 1.88. The van der Waals surface area contributed by atoms with Crippen LogP contribution in [0.2, 0.25) is 0 Å². The van der Waals surface area contributed by atoms with Crippen LogP contribution >= 0.6 is 0 Å². The molecule has 0 aromatic heterocycles. The molecule has 0 aliphatic heterocycles. The molecular weight excluding hydrogens is 314 g/mol. The Labute approximate surface area is 138 Å². The molecule has 1 unspecified atom stereocenters. The Hall–Kier alpha value is -2.69. The highest BCUT2D eigenvalue weighted by Gasteiger charge is 2.26. The second-order valence-electron chi connectivity index (χ2n) is 5.79. The lowest BCUT2D eigenvalue weighted by Gasteiger charge is -2.16. The first-order valence-corrected chi connectivity index (χ1v) is 7.61. The fourth-order valence-corrected chi connectivity index (χ4v) is 2.87. The standard InChI is InChI=1S/C19H16F2O3/c1-11(19(22)23)8-12-9-15(20)18(16(21)10-12)24-17-7-6-13-4-2-3-5-14(13)17/h2-5,8-10,17H,6-7H2,1H3,(H,22,23). The van der Waals surface area contributed by atoms with E-state index in [0.717, 1.165) is 29.7 Å². The molecule has 0 fully saturated rings. The maximum absolute atomic E-state index is 14.3. The van der Waals surface area contributed by atoms with Gasteiger partial charge in [0.25, 0.3) is 0 Å². The molecule has 2 aromatic rings. The summed E-state index contributed by atoms with van der Waals surface area (Å²) in [7, 11) is 0. The zero-order valence-corrected chi connectivity index (χ0v) is 13.1. The highest BCUT2D eigenvalue weighted by atomic mass is 19.1. The summed E-state index contributed by atoms with van der Waals surface area (Å²) < 4.78 is 34.1. The van der Waals surface area contributed by atoms with Crippen molar-refractivity contribution in [3.63, 3.8) is 0 Å². The van der Waals surface area contributed by atoms with E-state index < -0.39 is 23.4 Å². The van der Waals surface area contributed by atoms with Gasteiger partial charge in [-0.05, 0) is 54.7 Å². The van der Waals surface area contributed by atoms with Crippen molar-refractivity contribution in [2.75, 3.05) is 0 Å². The van der Waals surface area contributed by atoms with E-state index in [9.17, 15) is 13.6 Å². The third-order valence-electron chi connectivity index (χ3n) is 4.08. The smallest absolute Gasteiger partial charge is 0.331 e. The number of aryl methyl sites for hydroxylation is 1. The summed E-state index contributed by atoms with van der Waals surface area (Å²) in [6.45, 7) is 1.36. The molecule has 24 heavy (non-hydrogen) atoms. The normalized spacial score (nSPS) is 16.8. The SMILES string of the molecule is CC(=Cc1cc(F)c(OC2CCc3ccccc32)c(F)c1)C(=O)O. The molecule has 3 nitrogen and oxygen atoms in total. The second kappa shape index (κ2) is 6.43. The van der Waals surface area contributed by atoms with Crippen LogP contribution in [0, 0.1) is 11.6 Å². The average Bonchev–Trinajstić information content (AvgIpc) is 2.94. The molecule has 0 radical (unpaired) electrons. The molecule has 1 atom stereocenters. The number of halogens is 2. The topological polar surface area (TPSA) is 46.5 Å². The van der Waals surface area contributed by atoms with Crippen LogP contribution < -0.4 is 4.74 Å². The number of carboxylic acid groups (broad SMARTS) is 1. The number of benzene rings is 2. The number of aliphatic carboxylic acids is 1. The Kier molecular flexibility index (Phi) is 4.34. The second-order valence-corrected chi connectivity index (χ2v) is 5.79. The largest absolute Gasteiger partial charge is 0.480 e. The summed E-state index contributed by atoms with van der Waals surface area (Å²) in [5, 5.41) is 8.84. The Bertz CT molecular complexity index is 804. The molecule has 0 saturated heterocycles. The van der Waals surface area contributed by atoms with Gasteiger partial charge in [-0.15, -0.1) is 0 Å². The van der Waals surface area contributed by atoms with Crippen molar-refractivity contribution in [1.82, 2.24) is 0 Å². The fraction of sp³-hybridized carbons (Fsp3) is 0.211. The van der Waals surface area contributed by atoms with Crippen LogP contribution in [-0.2, 0) is 11.2 Å². The van der Waals surface area contributed by atoms with E-state index in [1.54, 1.807) is 0 Å². The van der Waals surface area contributed by atoms with Crippen LogP contribution in [0.25, 0.3) is 6.08 Å². The molecule has 124 valence electrons. The highest BCUT2D eigenvalue weighted by molar-refractivity contribution is 5.91. The van der Waals surface area contributed by atoms with Crippen LogP contribution in [0.1, 0.15) is 36.1 Å². The van der Waals surface area contributed by atoms with Gasteiger partial charge >= 0.3 is 5.97 Å². The van der Waals surface area contributed by atoms with Gasteiger partial charge < -0.3 is 9.84 Å². The van der Waals surface area contributed by atoms with Crippen molar-refractivity contribution in [1.29, 1.82) is 0 Å². The highest BCUT2D eigenvalue weighted by Crippen LogP contribution is 2.37. The lowest BCUT2D eigenvalue weighted by atomic mass is 10.1. The fourth-order valence-electron chi connectivity index (χ4n) is 2.87. The maximum Gasteiger partial charge on any atom is 0.331 e. The molecule has 1 aliphatic carbocycles. The summed E-state index contributed by atoms with van der Waals surface area (Å²) in [6, 6.07) is 9.83. The number of carboxylic acids is 1. The van der Waals surface area contributed by atoms with Gasteiger partial charge in [-0.3, -0.25) is 0 Å². The van der Waals surface area contributed by atoms with E-state index in [4.69, 9.17) is 9.84 Å². The minimum Gasteiger partial charge on any atom is -0.480 e. The minimum absolute atomic E-state index is 0.00723. The third-order valence-corrected chi connectivity index (χ3v) is 4.08. The van der Waals surface area contributed by atoms with Crippen LogP contribution in [0.15, 0.2) is 42.0 Å².